The zero-order chi connectivity index (χ0) is 12.5. The Kier molecular flexibility index (Phi) is 2.63. The van der Waals surface area contributed by atoms with Gasteiger partial charge in [0.15, 0.2) is 0 Å². The van der Waals surface area contributed by atoms with E-state index in [1.165, 1.54) is 11.1 Å². The molecule has 0 radical (unpaired) electrons. The number of rotatable bonds is 1. The molecule has 0 spiro atoms. The predicted octanol–water partition coefficient (Wildman–Crippen LogP) is 3.41. The number of hydrogen-bond acceptors (Lipinski definition) is 2. The minimum atomic E-state index is 0.684. The molecule has 1 heterocycles. The van der Waals surface area contributed by atoms with Gasteiger partial charge in [-0.15, -0.1) is 0 Å². The van der Waals surface area contributed by atoms with Gasteiger partial charge in [-0.1, -0.05) is 24.3 Å². The Morgan fingerprint density at radius 1 is 1.17 bits per heavy atom. The van der Waals surface area contributed by atoms with Crippen LogP contribution in [0.3, 0.4) is 0 Å². The topological polar surface area (TPSA) is 26.3 Å². The van der Waals surface area contributed by atoms with Crippen molar-refractivity contribution < 1.29 is 9.53 Å². The summed E-state index contributed by atoms with van der Waals surface area (Å²) < 4.78 is 5.80. The highest BCUT2D eigenvalue weighted by Crippen LogP contribution is 2.36. The molecule has 18 heavy (non-hydrogen) atoms. The Hall–Kier alpha value is -2.09. The molecule has 2 nitrogen and oxygen atoms in total. The number of aldehydes is 1. The van der Waals surface area contributed by atoms with Crippen LogP contribution in [0.15, 0.2) is 36.4 Å². The van der Waals surface area contributed by atoms with Gasteiger partial charge in [0, 0.05) is 17.5 Å². The fraction of sp³-hybridized carbons (Fsp3) is 0.188. The molecule has 1 aliphatic heterocycles. The average molecular weight is 238 g/mol. The van der Waals surface area contributed by atoms with E-state index in [4.69, 9.17) is 4.74 Å². The zero-order valence-electron chi connectivity index (χ0n) is 10.3. The lowest BCUT2D eigenvalue weighted by molar-refractivity contribution is 0.112. The highest BCUT2D eigenvalue weighted by molar-refractivity contribution is 5.84. The van der Waals surface area contributed by atoms with Crippen molar-refractivity contribution in [3.63, 3.8) is 0 Å². The van der Waals surface area contributed by atoms with Crippen LogP contribution < -0.4 is 4.74 Å². The van der Waals surface area contributed by atoms with Gasteiger partial charge in [-0.25, -0.2) is 0 Å². The number of ether oxygens (including phenoxy) is 1. The third-order valence-electron chi connectivity index (χ3n) is 3.43. The second-order valence-corrected chi connectivity index (χ2v) is 4.58. The van der Waals surface area contributed by atoms with Gasteiger partial charge < -0.3 is 4.74 Å². The molecule has 0 aliphatic carbocycles. The molecule has 0 bridgehead atoms. The number of hydrogen-bond donors (Lipinski definition) is 0. The minimum absolute atomic E-state index is 0.684. The molecule has 2 aromatic carbocycles. The van der Waals surface area contributed by atoms with E-state index in [0.29, 0.717) is 6.61 Å². The monoisotopic (exact) mass is 238 g/mol. The smallest absolute Gasteiger partial charge is 0.150 e. The van der Waals surface area contributed by atoms with Gasteiger partial charge in [0.1, 0.15) is 12.0 Å². The molecule has 0 fully saturated rings. The van der Waals surface area contributed by atoms with E-state index >= 15 is 0 Å². The second-order valence-electron chi connectivity index (χ2n) is 4.58. The normalized spacial score (nSPS) is 12.9. The van der Waals surface area contributed by atoms with Crippen LogP contribution in [0.1, 0.15) is 21.5 Å². The van der Waals surface area contributed by atoms with Gasteiger partial charge in [0.2, 0.25) is 0 Å². The van der Waals surface area contributed by atoms with Crippen LogP contribution in [0, 0.1) is 6.92 Å². The van der Waals surface area contributed by atoms with E-state index in [2.05, 4.69) is 12.1 Å². The number of fused-ring (bicyclic) bond motifs is 3. The maximum Gasteiger partial charge on any atom is 0.150 e. The highest BCUT2D eigenvalue weighted by atomic mass is 16.5. The highest BCUT2D eigenvalue weighted by Gasteiger charge is 2.16. The molecule has 1 aliphatic rings. The first-order chi connectivity index (χ1) is 8.79. The van der Waals surface area contributed by atoms with Gasteiger partial charge in [-0.3, -0.25) is 4.79 Å². The summed E-state index contributed by atoms with van der Waals surface area (Å²) in [6, 6.07) is 12.2. The standard InChI is InChI=1S/C16H14O2/c1-11-8-16-15(9-13(11)10-17)14-5-3-2-4-12(14)6-7-18-16/h2-5,8-10H,6-7H2,1H3. The first kappa shape index (κ1) is 11.0. The number of carbonyl (C=O) groups excluding carboxylic acids is 1. The van der Waals surface area contributed by atoms with Gasteiger partial charge in [-0.2, -0.15) is 0 Å². The van der Waals surface area contributed by atoms with E-state index in [-0.39, 0.29) is 0 Å². The van der Waals surface area contributed by atoms with Crippen molar-refractivity contribution in [2.45, 2.75) is 13.3 Å². The molecule has 2 heteroatoms. The Balaban J connectivity index is 2.28. The molecular formula is C16H14O2. The lowest BCUT2D eigenvalue weighted by atomic mass is 9.95. The van der Waals surface area contributed by atoms with Crippen LogP contribution in [0.2, 0.25) is 0 Å². The molecule has 0 saturated carbocycles. The average Bonchev–Trinajstić information content (AvgIpc) is 2.56. The van der Waals surface area contributed by atoms with Crippen molar-refractivity contribution in [2.75, 3.05) is 6.61 Å². The molecule has 0 atom stereocenters. The summed E-state index contributed by atoms with van der Waals surface area (Å²) in [5.41, 5.74) is 5.16. The molecule has 0 saturated heterocycles. The van der Waals surface area contributed by atoms with Crippen LogP contribution >= 0.6 is 0 Å². The third-order valence-corrected chi connectivity index (χ3v) is 3.43. The quantitative estimate of drug-likeness (QED) is 0.712. The van der Waals surface area contributed by atoms with Crippen molar-refractivity contribution in [3.05, 3.63) is 53.1 Å². The van der Waals surface area contributed by atoms with Crippen LogP contribution in [-0.2, 0) is 6.42 Å². The van der Waals surface area contributed by atoms with Crippen molar-refractivity contribution >= 4 is 6.29 Å². The molecule has 0 aromatic heterocycles. The fourth-order valence-electron chi connectivity index (χ4n) is 2.43. The fourth-order valence-corrected chi connectivity index (χ4v) is 2.43. The summed E-state index contributed by atoms with van der Waals surface area (Å²) in [5, 5.41) is 0. The number of aryl methyl sites for hydroxylation is 1. The van der Waals surface area contributed by atoms with Crippen molar-refractivity contribution in [2.24, 2.45) is 0 Å². The molecule has 0 amide bonds. The van der Waals surface area contributed by atoms with E-state index in [1.807, 2.05) is 31.2 Å². The van der Waals surface area contributed by atoms with Gasteiger partial charge in [-0.05, 0) is 35.7 Å². The summed E-state index contributed by atoms with van der Waals surface area (Å²) in [4.78, 5) is 11.1. The summed E-state index contributed by atoms with van der Waals surface area (Å²) in [5.74, 6) is 0.878. The maximum atomic E-state index is 11.1. The second kappa shape index (κ2) is 4.30. The molecule has 0 N–H and O–H groups in total. The molecular weight excluding hydrogens is 224 g/mol. The predicted molar refractivity (Wildman–Crippen MR) is 71.2 cm³/mol. The molecule has 90 valence electrons. The SMILES string of the molecule is Cc1cc2c(cc1C=O)-c1ccccc1CCO2. The number of benzene rings is 2. The van der Waals surface area contributed by atoms with Crippen molar-refractivity contribution in [1.29, 1.82) is 0 Å². The molecule has 2 aromatic rings. The Labute approximate surface area is 106 Å². The Morgan fingerprint density at radius 3 is 2.83 bits per heavy atom. The summed E-state index contributed by atoms with van der Waals surface area (Å²) in [6.07, 6.45) is 1.81. The molecule has 3 rings (SSSR count). The Morgan fingerprint density at radius 2 is 2.00 bits per heavy atom. The van der Waals surface area contributed by atoms with E-state index in [9.17, 15) is 4.79 Å². The summed E-state index contributed by atoms with van der Waals surface area (Å²) >= 11 is 0. The summed E-state index contributed by atoms with van der Waals surface area (Å²) in [7, 11) is 0. The van der Waals surface area contributed by atoms with Crippen molar-refractivity contribution in [3.8, 4) is 16.9 Å². The van der Waals surface area contributed by atoms with Crippen LogP contribution in [0.25, 0.3) is 11.1 Å². The third kappa shape index (κ3) is 1.70. The number of carbonyl (C=O) groups is 1. The van der Waals surface area contributed by atoms with Gasteiger partial charge in [0.25, 0.3) is 0 Å². The molecule has 0 unspecified atom stereocenters. The van der Waals surface area contributed by atoms with Crippen LogP contribution in [0.4, 0.5) is 0 Å². The van der Waals surface area contributed by atoms with Crippen LogP contribution in [-0.4, -0.2) is 12.9 Å². The zero-order valence-corrected chi connectivity index (χ0v) is 10.3. The summed E-state index contributed by atoms with van der Waals surface area (Å²) in [6.45, 7) is 2.62. The first-order valence-corrected chi connectivity index (χ1v) is 6.10. The van der Waals surface area contributed by atoms with Gasteiger partial charge >= 0.3 is 0 Å². The van der Waals surface area contributed by atoms with E-state index in [0.717, 1.165) is 35.1 Å². The first-order valence-electron chi connectivity index (χ1n) is 6.10. The van der Waals surface area contributed by atoms with E-state index < -0.39 is 0 Å². The van der Waals surface area contributed by atoms with Gasteiger partial charge in [0.05, 0.1) is 6.61 Å². The van der Waals surface area contributed by atoms with Crippen LogP contribution in [0.5, 0.6) is 5.75 Å². The van der Waals surface area contributed by atoms with E-state index in [1.54, 1.807) is 0 Å². The lowest BCUT2D eigenvalue weighted by Crippen LogP contribution is -1.99. The van der Waals surface area contributed by atoms with Crippen molar-refractivity contribution in [1.82, 2.24) is 0 Å². The largest absolute Gasteiger partial charge is 0.493 e. The minimum Gasteiger partial charge on any atom is -0.493 e. The lowest BCUT2D eigenvalue weighted by Gasteiger charge is -2.11. The Bertz CT molecular complexity index is 614. The maximum absolute atomic E-state index is 11.1.